The third kappa shape index (κ3) is 4.12. The number of carbonyl (C=O) groups is 1. The Morgan fingerprint density at radius 2 is 1.86 bits per heavy atom. The van der Waals surface area contributed by atoms with Gasteiger partial charge in [0.25, 0.3) is 0 Å². The summed E-state index contributed by atoms with van der Waals surface area (Å²) in [5.41, 5.74) is 0.311. The van der Waals surface area contributed by atoms with Crippen LogP contribution in [-0.4, -0.2) is 30.6 Å². The van der Waals surface area contributed by atoms with Gasteiger partial charge in [-0.1, -0.05) is 49.2 Å². The topological polar surface area (TPSA) is 29.5 Å². The van der Waals surface area contributed by atoms with E-state index >= 15 is 0 Å². The molecule has 0 bridgehead atoms. The monoisotopic (exact) mass is 331 g/mol. The number of nitrogens with zero attached hydrogens (tertiary/aromatic N) is 1. The van der Waals surface area contributed by atoms with Gasteiger partial charge in [0.05, 0.1) is 28.6 Å². The number of hydrogen-bond donors (Lipinski definition) is 0. The van der Waals surface area contributed by atoms with Crippen molar-refractivity contribution in [1.82, 2.24) is 4.90 Å². The first kappa shape index (κ1) is 18.3. The van der Waals surface area contributed by atoms with Crippen molar-refractivity contribution < 1.29 is 9.53 Å². The van der Waals surface area contributed by atoms with Gasteiger partial charge in [-0.05, 0) is 38.6 Å². The molecule has 1 aromatic carbocycles. The molecule has 1 rings (SSSR count). The van der Waals surface area contributed by atoms with Crippen molar-refractivity contribution in [3.63, 3.8) is 0 Å². The van der Waals surface area contributed by atoms with Crippen LogP contribution in [0.1, 0.15) is 39.7 Å². The average Bonchev–Trinajstić information content (AvgIpc) is 2.43. The maximum absolute atomic E-state index is 12.0. The van der Waals surface area contributed by atoms with Crippen molar-refractivity contribution in [2.75, 3.05) is 19.7 Å². The standard InChI is InChI=1S/C16H23Cl2NO2/c1-5-19(6-2)16(4,11-14(20)21-7-3)12-9-8-10-13(17)15(12)18/h8-10H,5-7,11H2,1-4H3. The van der Waals surface area contributed by atoms with E-state index in [1.165, 1.54) is 0 Å². The van der Waals surface area contributed by atoms with Crippen molar-refractivity contribution in [2.45, 2.75) is 39.7 Å². The van der Waals surface area contributed by atoms with Gasteiger partial charge in [-0.2, -0.15) is 0 Å². The van der Waals surface area contributed by atoms with Crippen LogP contribution in [0.3, 0.4) is 0 Å². The summed E-state index contributed by atoms with van der Waals surface area (Å²) < 4.78 is 5.13. The molecule has 5 heteroatoms. The molecule has 0 saturated carbocycles. The molecule has 0 saturated heterocycles. The van der Waals surface area contributed by atoms with Gasteiger partial charge < -0.3 is 4.74 Å². The van der Waals surface area contributed by atoms with E-state index in [-0.39, 0.29) is 12.4 Å². The fourth-order valence-electron chi connectivity index (χ4n) is 2.71. The fraction of sp³-hybridized carbons (Fsp3) is 0.562. The Morgan fingerprint density at radius 1 is 1.24 bits per heavy atom. The van der Waals surface area contributed by atoms with Crippen molar-refractivity contribution in [3.05, 3.63) is 33.8 Å². The predicted octanol–water partition coefficient (Wildman–Crippen LogP) is 4.50. The summed E-state index contributed by atoms with van der Waals surface area (Å²) in [6.45, 7) is 9.91. The molecule has 0 aliphatic heterocycles. The molecule has 1 atom stereocenters. The van der Waals surface area contributed by atoms with E-state index in [1.54, 1.807) is 13.0 Å². The molecular weight excluding hydrogens is 309 g/mol. The van der Waals surface area contributed by atoms with E-state index in [9.17, 15) is 4.79 Å². The fourth-order valence-corrected chi connectivity index (χ4v) is 3.22. The minimum Gasteiger partial charge on any atom is -0.466 e. The minimum absolute atomic E-state index is 0.233. The largest absolute Gasteiger partial charge is 0.466 e. The molecule has 21 heavy (non-hydrogen) atoms. The molecular formula is C16H23Cl2NO2. The molecule has 1 aromatic rings. The van der Waals surface area contributed by atoms with Crippen LogP contribution < -0.4 is 0 Å². The molecule has 3 nitrogen and oxygen atoms in total. The molecule has 0 N–H and O–H groups in total. The second-order valence-electron chi connectivity index (χ2n) is 5.03. The first-order valence-corrected chi connectivity index (χ1v) is 8.01. The van der Waals surface area contributed by atoms with Crippen LogP contribution in [0.5, 0.6) is 0 Å². The number of rotatable bonds is 7. The molecule has 0 amide bonds. The summed E-state index contributed by atoms with van der Waals surface area (Å²) in [5.74, 6) is -0.233. The highest BCUT2D eigenvalue weighted by molar-refractivity contribution is 6.42. The van der Waals surface area contributed by atoms with Crippen LogP contribution in [0.25, 0.3) is 0 Å². The number of halogens is 2. The molecule has 0 aliphatic carbocycles. The Balaban J connectivity index is 3.30. The van der Waals surface area contributed by atoms with Gasteiger partial charge in [0.15, 0.2) is 0 Å². The van der Waals surface area contributed by atoms with Gasteiger partial charge in [-0.3, -0.25) is 9.69 Å². The first-order valence-electron chi connectivity index (χ1n) is 7.25. The third-order valence-corrected chi connectivity index (χ3v) is 4.61. The Labute approximate surface area is 137 Å². The molecule has 0 radical (unpaired) electrons. The minimum atomic E-state index is -0.544. The normalized spacial score (nSPS) is 14.0. The molecule has 0 heterocycles. The number of benzene rings is 1. The summed E-state index contributed by atoms with van der Waals surface area (Å²) in [6, 6.07) is 5.53. The van der Waals surface area contributed by atoms with E-state index < -0.39 is 5.54 Å². The number of ether oxygens (including phenoxy) is 1. The lowest BCUT2D eigenvalue weighted by molar-refractivity contribution is -0.146. The summed E-state index contributed by atoms with van der Waals surface area (Å²) >= 11 is 12.5. The maximum Gasteiger partial charge on any atom is 0.308 e. The lowest BCUT2D eigenvalue weighted by atomic mass is 9.86. The van der Waals surface area contributed by atoms with Crippen molar-refractivity contribution in [1.29, 1.82) is 0 Å². The second-order valence-corrected chi connectivity index (χ2v) is 5.81. The van der Waals surface area contributed by atoms with Gasteiger partial charge in [0.2, 0.25) is 0 Å². The Bertz CT molecular complexity index is 489. The molecule has 0 aliphatic rings. The van der Waals surface area contributed by atoms with Crippen LogP contribution in [0.15, 0.2) is 18.2 Å². The maximum atomic E-state index is 12.0. The zero-order valence-electron chi connectivity index (χ0n) is 13.1. The van der Waals surface area contributed by atoms with Crippen molar-refractivity contribution in [2.24, 2.45) is 0 Å². The van der Waals surface area contributed by atoms with Gasteiger partial charge in [-0.25, -0.2) is 0 Å². The van der Waals surface area contributed by atoms with Gasteiger partial charge in [-0.15, -0.1) is 0 Å². The van der Waals surface area contributed by atoms with E-state index in [0.29, 0.717) is 16.7 Å². The summed E-state index contributed by atoms with van der Waals surface area (Å²) in [4.78, 5) is 14.2. The highest BCUT2D eigenvalue weighted by Crippen LogP contribution is 2.39. The average molecular weight is 332 g/mol. The lowest BCUT2D eigenvalue weighted by Crippen LogP contribution is -2.45. The highest BCUT2D eigenvalue weighted by atomic mass is 35.5. The number of carbonyl (C=O) groups excluding carboxylic acids is 1. The lowest BCUT2D eigenvalue weighted by Gasteiger charge is -2.40. The zero-order chi connectivity index (χ0) is 16.0. The zero-order valence-corrected chi connectivity index (χ0v) is 14.6. The van der Waals surface area contributed by atoms with Crippen LogP contribution in [0.4, 0.5) is 0 Å². The van der Waals surface area contributed by atoms with Crippen molar-refractivity contribution in [3.8, 4) is 0 Å². The molecule has 1 unspecified atom stereocenters. The Kier molecular flexibility index (Phi) is 6.98. The van der Waals surface area contributed by atoms with Crippen LogP contribution in [-0.2, 0) is 15.1 Å². The van der Waals surface area contributed by atoms with Gasteiger partial charge >= 0.3 is 5.97 Å². The smallest absolute Gasteiger partial charge is 0.308 e. The van der Waals surface area contributed by atoms with E-state index in [0.717, 1.165) is 18.7 Å². The van der Waals surface area contributed by atoms with E-state index in [2.05, 4.69) is 18.7 Å². The van der Waals surface area contributed by atoms with E-state index in [1.807, 2.05) is 19.1 Å². The summed E-state index contributed by atoms with van der Waals surface area (Å²) in [6.07, 6.45) is 0.239. The van der Waals surface area contributed by atoms with Crippen LogP contribution in [0, 0.1) is 0 Å². The molecule has 0 aromatic heterocycles. The third-order valence-electron chi connectivity index (χ3n) is 3.79. The van der Waals surface area contributed by atoms with Crippen LogP contribution >= 0.6 is 23.2 Å². The Hall–Kier alpha value is -0.770. The quantitative estimate of drug-likeness (QED) is 0.689. The van der Waals surface area contributed by atoms with Crippen LogP contribution in [0.2, 0.25) is 10.0 Å². The first-order chi connectivity index (χ1) is 9.90. The van der Waals surface area contributed by atoms with Crippen molar-refractivity contribution >= 4 is 29.2 Å². The summed E-state index contributed by atoms with van der Waals surface area (Å²) in [7, 11) is 0. The number of hydrogen-bond acceptors (Lipinski definition) is 3. The molecule has 0 spiro atoms. The van der Waals surface area contributed by atoms with Gasteiger partial charge in [0.1, 0.15) is 0 Å². The number of esters is 1. The molecule has 0 fully saturated rings. The molecule has 118 valence electrons. The van der Waals surface area contributed by atoms with Gasteiger partial charge in [0, 0.05) is 0 Å². The SMILES string of the molecule is CCOC(=O)CC(C)(c1cccc(Cl)c1Cl)N(CC)CC. The highest BCUT2D eigenvalue weighted by Gasteiger charge is 2.37. The Morgan fingerprint density at radius 3 is 2.38 bits per heavy atom. The predicted molar refractivity (Wildman–Crippen MR) is 88.0 cm³/mol. The second kappa shape index (κ2) is 8.02. The summed E-state index contributed by atoms with van der Waals surface area (Å²) in [5, 5.41) is 0.995. The van der Waals surface area contributed by atoms with E-state index in [4.69, 9.17) is 27.9 Å².